The fourth-order valence-corrected chi connectivity index (χ4v) is 3.40. The summed E-state index contributed by atoms with van der Waals surface area (Å²) >= 11 is 0. The molecule has 0 aromatic carbocycles. The van der Waals surface area contributed by atoms with Crippen molar-refractivity contribution in [3.8, 4) is 0 Å². The highest BCUT2D eigenvalue weighted by atomic mass is 32.2. The lowest BCUT2D eigenvalue weighted by Crippen LogP contribution is -2.41. The van der Waals surface area contributed by atoms with Crippen LogP contribution in [0.3, 0.4) is 0 Å². The largest absolute Gasteiger partial charge is 0.392 e. The van der Waals surface area contributed by atoms with E-state index in [2.05, 4.69) is 10.1 Å². The molecule has 3 heterocycles. The van der Waals surface area contributed by atoms with Gasteiger partial charge in [-0.05, 0) is 25.3 Å². The van der Waals surface area contributed by atoms with Gasteiger partial charge in [0.25, 0.3) is 0 Å². The molecule has 1 aliphatic rings. The Hall–Kier alpha value is -1.78. The highest BCUT2D eigenvalue weighted by Gasteiger charge is 2.23. The Bertz CT molecular complexity index is 808. The Kier molecular flexibility index (Phi) is 5.73. The van der Waals surface area contributed by atoms with E-state index in [9.17, 15) is 12.8 Å². The van der Waals surface area contributed by atoms with Gasteiger partial charge in [-0.25, -0.2) is 22.3 Å². The van der Waals surface area contributed by atoms with Crippen molar-refractivity contribution in [2.24, 2.45) is 0 Å². The zero-order chi connectivity index (χ0) is 17.9. The average Bonchev–Trinajstić information content (AvgIpc) is 2.83. The third kappa shape index (κ3) is 4.40. The van der Waals surface area contributed by atoms with Gasteiger partial charge >= 0.3 is 0 Å². The Morgan fingerprint density at radius 3 is 2.75 bits per heavy atom. The number of anilines is 1. The quantitative estimate of drug-likeness (QED) is 0.803. The second-order valence-electron chi connectivity index (χ2n) is 5.67. The minimum atomic E-state index is -3.09. The number of aliphatic hydroxyl groups excluding tert-OH is 1. The fourth-order valence-electron chi connectivity index (χ4n) is 2.50. The molecule has 1 saturated heterocycles. The maximum atomic E-state index is 13.2. The van der Waals surface area contributed by atoms with E-state index >= 15 is 0 Å². The third-order valence-electron chi connectivity index (χ3n) is 3.75. The van der Waals surface area contributed by atoms with Gasteiger partial charge in [0.1, 0.15) is 5.52 Å². The topological polar surface area (TPSA) is 114 Å². The Labute approximate surface area is 140 Å². The van der Waals surface area contributed by atoms with Crippen molar-refractivity contribution in [2.45, 2.75) is 32.3 Å². The first-order valence-corrected chi connectivity index (χ1v) is 9.49. The molecule has 3 rings (SSSR count). The molecule has 1 aliphatic heterocycles. The molecular weight excluding hydrogens is 337 g/mol. The first-order chi connectivity index (χ1) is 11.2. The normalized spacial score (nSPS) is 19.1. The smallest absolute Gasteiger partial charge is 0.238 e. The van der Waals surface area contributed by atoms with Gasteiger partial charge in [0.15, 0.2) is 5.82 Å². The molecule has 0 bridgehead atoms. The zero-order valence-corrected chi connectivity index (χ0v) is 14.5. The van der Waals surface area contributed by atoms with Gasteiger partial charge in [0.2, 0.25) is 16.0 Å². The van der Waals surface area contributed by atoms with Crippen LogP contribution in [0.15, 0.2) is 12.3 Å². The van der Waals surface area contributed by atoms with Crippen LogP contribution in [0.25, 0.3) is 5.52 Å². The molecular formula is C14H22FN5O3S. The number of hydrogen-bond acceptors (Lipinski definition) is 6. The summed E-state index contributed by atoms with van der Waals surface area (Å²) in [4.78, 5) is 3.72. The molecule has 134 valence electrons. The molecule has 0 spiro atoms. The number of halogens is 1. The van der Waals surface area contributed by atoms with E-state index in [1.54, 1.807) is 0 Å². The van der Waals surface area contributed by atoms with Crippen LogP contribution in [0.1, 0.15) is 25.5 Å². The van der Waals surface area contributed by atoms with Gasteiger partial charge in [-0.1, -0.05) is 6.92 Å². The number of nitrogen functional groups attached to an aromatic ring is 1. The summed E-state index contributed by atoms with van der Waals surface area (Å²) in [6.45, 7) is 2.74. The number of sulfonamides is 1. The van der Waals surface area contributed by atoms with E-state index in [-0.39, 0.29) is 18.3 Å². The standard InChI is InChI=1S/C8H9FN4.C6H13NO3S/c1-2-5-3-6(9)7-4-11-8(10)12-13(5)7;1-11(9,10)7-4-2-3-6(8)5-7/h3-4H,2H2,1H3,(H2,10,12);6,8H,2-5H2,1H3. The molecule has 2 aromatic rings. The van der Waals surface area contributed by atoms with Crippen molar-refractivity contribution in [1.82, 2.24) is 18.9 Å². The Balaban J connectivity index is 0.000000177. The lowest BCUT2D eigenvalue weighted by molar-refractivity contribution is 0.108. The Morgan fingerprint density at radius 2 is 2.21 bits per heavy atom. The molecule has 0 aliphatic carbocycles. The van der Waals surface area contributed by atoms with Crippen LogP contribution >= 0.6 is 0 Å². The van der Waals surface area contributed by atoms with E-state index in [4.69, 9.17) is 10.8 Å². The van der Waals surface area contributed by atoms with E-state index in [1.165, 1.54) is 27.3 Å². The maximum Gasteiger partial charge on any atom is 0.238 e. The molecule has 3 N–H and O–H groups in total. The predicted octanol–water partition coefficient (Wildman–Crippen LogP) is 0.416. The molecule has 1 unspecified atom stereocenters. The number of nitrogens with zero attached hydrogens (tertiary/aromatic N) is 4. The van der Waals surface area contributed by atoms with Crippen LogP contribution in [0.4, 0.5) is 10.3 Å². The van der Waals surface area contributed by atoms with Gasteiger partial charge in [0, 0.05) is 18.8 Å². The predicted molar refractivity (Wildman–Crippen MR) is 88.4 cm³/mol. The number of fused-ring (bicyclic) bond motifs is 1. The minimum Gasteiger partial charge on any atom is -0.392 e. The molecule has 1 fully saturated rings. The summed E-state index contributed by atoms with van der Waals surface area (Å²) in [7, 11) is -3.09. The van der Waals surface area contributed by atoms with Crippen molar-refractivity contribution in [1.29, 1.82) is 0 Å². The molecule has 8 nitrogen and oxygen atoms in total. The summed E-state index contributed by atoms with van der Waals surface area (Å²) in [5.41, 5.74) is 6.55. The van der Waals surface area contributed by atoms with Crippen LogP contribution in [0.5, 0.6) is 0 Å². The van der Waals surface area contributed by atoms with Crippen LogP contribution in [0, 0.1) is 5.82 Å². The molecule has 0 saturated carbocycles. The first-order valence-electron chi connectivity index (χ1n) is 7.64. The van der Waals surface area contributed by atoms with E-state index in [1.807, 2.05) is 6.92 Å². The number of piperidine rings is 1. The van der Waals surface area contributed by atoms with E-state index in [0.717, 1.165) is 12.1 Å². The summed E-state index contributed by atoms with van der Waals surface area (Å²) in [6, 6.07) is 1.45. The number of aryl methyl sites for hydroxylation is 1. The lowest BCUT2D eigenvalue weighted by Gasteiger charge is -2.27. The molecule has 24 heavy (non-hydrogen) atoms. The maximum absolute atomic E-state index is 13.2. The Morgan fingerprint density at radius 1 is 1.50 bits per heavy atom. The summed E-state index contributed by atoms with van der Waals surface area (Å²) < 4.78 is 37.9. The number of aromatic nitrogens is 3. The lowest BCUT2D eigenvalue weighted by atomic mass is 10.1. The summed E-state index contributed by atoms with van der Waals surface area (Å²) in [6.07, 6.45) is 4.27. The van der Waals surface area contributed by atoms with Crippen LogP contribution < -0.4 is 5.73 Å². The third-order valence-corrected chi connectivity index (χ3v) is 5.02. The van der Waals surface area contributed by atoms with Gasteiger partial charge < -0.3 is 10.8 Å². The molecule has 1 atom stereocenters. The highest BCUT2D eigenvalue weighted by Crippen LogP contribution is 2.14. The van der Waals surface area contributed by atoms with Crippen molar-refractivity contribution in [2.75, 3.05) is 25.1 Å². The van der Waals surface area contributed by atoms with Crippen LogP contribution in [0.2, 0.25) is 0 Å². The van der Waals surface area contributed by atoms with Crippen molar-refractivity contribution in [3.63, 3.8) is 0 Å². The minimum absolute atomic E-state index is 0.151. The van der Waals surface area contributed by atoms with Gasteiger partial charge in [-0.15, -0.1) is 5.10 Å². The molecule has 0 amide bonds. The second-order valence-corrected chi connectivity index (χ2v) is 7.65. The fraction of sp³-hybridized carbons (Fsp3) is 0.571. The highest BCUT2D eigenvalue weighted by molar-refractivity contribution is 7.88. The van der Waals surface area contributed by atoms with Crippen LogP contribution in [-0.2, 0) is 16.4 Å². The van der Waals surface area contributed by atoms with Gasteiger partial charge in [-0.3, -0.25) is 0 Å². The number of hydrogen-bond donors (Lipinski definition) is 2. The number of nitrogens with two attached hydrogens (primary N) is 1. The number of aliphatic hydroxyl groups is 1. The first kappa shape index (κ1) is 18.6. The summed E-state index contributed by atoms with van der Waals surface area (Å²) in [5.74, 6) is -0.158. The molecule has 2 aromatic heterocycles. The van der Waals surface area contributed by atoms with Gasteiger partial charge in [0.05, 0.1) is 18.6 Å². The second kappa shape index (κ2) is 7.41. The average molecular weight is 359 g/mol. The van der Waals surface area contributed by atoms with E-state index < -0.39 is 16.1 Å². The SMILES string of the molecule is CCc1cc(F)c2cnc(N)nn12.CS(=O)(=O)N1CCCC(O)C1. The van der Waals surface area contributed by atoms with E-state index in [0.29, 0.717) is 24.9 Å². The monoisotopic (exact) mass is 359 g/mol. The molecule has 10 heteroatoms. The number of rotatable bonds is 2. The summed E-state index contributed by atoms with van der Waals surface area (Å²) in [5, 5.41) is 13.0. The zero-order valence-electron chi connectivity index (χ0n) is 13.7. The van der Waals surface area contributed by atoms with Crippen molar-refractivity contribution in [3.05, 3.63) is 23.8 Å². The van der Waals surface area contributed by atoms with Gasteiger partial charge in [-0.2, -0.15) is 4.31 Å². The van der Waals surface area contributed by atoms with Crippen molar-refractivity contribution >= 4 is 21.5 Å². The molecule has 0 radical (unpaired) electrons. The van der Waals surface area contributed by atoms with Crippen LogP contribution in [-0.4, -0.2) is 57.9 Å². The number of β-amino-alcohol motifs (C(OH)–C–C–N with tert-alkyl or cyclic N) is 1. The van der Waals surface area contributed by atoms with Crippen molar-refractivity contribution < 1.29 is 17.9 Å².